The first kappa shape index (κ1) is 20.1. The quantitative estimate of drug-likeness (QED) is 0.673. The van der Waals surface area contributed by atoms with E-state index in [0.717, 1.165) is 12.4 Å². The lowest BCUT2D eigenvalue weighted by Gasteiger charge is -2.10. The Morgan fingerprint density at radius 2 is 1.00 bits per heavy atom. The molecule has 2 aliphatic carbocycles. The smallest absolute Gasteiger partial charge is 0.141 e. The molecule has 0 radical (unpaired) electrons. The van der Waals surface area contributed by atoms with Crippen molar-refractivity contribution in [3.8, 4) is 24.3 Å². The van der Waals surface area contributed by atoms with E-state index in [-0.39, 0.29) is 22.3 Å². The van der Waals surface area contributed by atoms with Gasteiger partial charge in [0.1, 0.15) is 47.1 Å². The van der Waals surface area contributed by atoms with Crippen LogP contribution in [0.4, 0.5) is 8.78 Å². The monoisotopic (exact) mass is 418 g/mol. The summed E-state index contributed by atoms with van der Waals surface area (Å²) in [6.45, 7) is 0. The van der Waals surface area contributed by atoms with Crippen LogP contribution in [0.15, 0.2) is 82.2 Å². The predicted molar refractivity (Wildman–Crippen MR) is 108 cm³/mol. The molecular weight excluding hydrogens is 410 g/mol. The number of hydrogen-bond acceptors (Lipinski definition) is 6. The van der Waals surface area contributed by atoms with Crippen LogP contribution >= 0.6 is 0 Å². The normalized spacial score (nSPS) is 13.9. The predicted octanol–water partition coefficient (Wildman–Crippen LogP) is 4.23. The van der Waals surface area contributed by atoms with Crippen LogP contribution in [0.2, 0.25) is 0 Å². The van der Waals surface area contributed by atoms with Crippen LogP contribution in [0, 0.1) is 57.0 Å². The minimum Gasteiger partial charge on any atom is -0.253 e. The fraction of sp³-hybridized carbons (Fsp3) is 0. The zero-order valence-electron chi connectivity index (χ0n) is 16.1. The highest BCUT2D eigenvalue weighted by Gasteiger charge is 2.35. The van der Waals surface area contributed by atoms with Gasteiger partial charge in [0.15, 0.2) is 0 Å². The van der Waals surface area contributed by atoms with Crippen LogP contribution in [0.1, 0.15) is 11.4 Å². The highest BCUT2D eigenvalue weighted by Crippen LogP contribution is 2.50. The van der Waals surface area contributed by atoms with Crippen molar-refractivity contribution in [2.75, 3.05) is 0 Å². The Kier molecular flexibility index (Phi) is 4.98. The lowest BCUT2D eigenvalue weighted by atomic mass is 9.93. The average molecular weight is 418 g/mol. The van der Waals surface area contributed by atoms with Crippen molar-refractivity contribution in [3.05, 3.63) is 105 Å². The number of pyridine rings is 2. The van der Waals surface area contributed by atoms with Gasteiger partial charge >= 0.3 is 0 Å². The lowest BCUT2D eigenvalue weighted by molar-refractivity contribution is 0.620. The number of nitriles is 4. The fourth-order valence-corrected chi connectivity index (χ4v) is 3.58. The molecule has 0 aromatic carbocycles. The highest BCUT2D eigenvalue weighted by molar-refractivity contribution is 6.04. The molecule has 0 bridgehead atoms. The maximum Gasteiger partial charge on any atom is 0.141 e. The molecular formula is C24H8F2N6. The van der Waals surface area contributed by atoms with Gasteiger partial charge in [-0.1, -0.05) is 0 Å². The molecule has 148 valence electrons. The summed E-state index contributed by atoms with van der Waals surface area (Å²) in [5.74, 6) is -1.11. The van der Waals surface area contributed by atoms with Gasteiger partial charge in [0, 0.05) is 22.3 Å². The minimum atomic E-state index is -0.555. The molecule has 0 N–H and O–H groups in total. The Morgan fingerprint density at radius 1 is 0.625 bits per heavy atom. The summed E-state index contributed by atoms with van der Waals surface area (Å²) in [4.78, 5) is 8.08. The van der Waals surface area contributed by atoms with Crippen molar-refractivity contribution < 1.29 is 8.78 Å². The lowest BCUT2D eigenvalue weighted by Crippen LogP contribution is -1.98. The third kappa shape index (κ3) is 3.15. The second-order valence-corrected chi connectivity index (χ2v) is 6.61. The SMILES string of the molecule is N#CC(C#N)=C1C(c2ccc(F)cn2)=CC2=C1C=C(c1ccc(F)cn1)C2=C(C#N)C#N. The van der Waals surface area contributed by atoms with Crippen LogP contribution in [0.5, 0.6) is 0 Å². The summed E-state index contributed by atoms with van der Waals surface area (Å²) in [5, 5.41) is 38.2. The number of rotatable bonds is 2. The molecule has 6 nitrogen and oxygen atoms in total. The summed E-state index contributed by atoms with van der Waals surface area (Å²) in [5.41, 5.74) is 2.27. The number of nitrogens with zero attached hydrogens (tertiary/aromatic N) is 6. The number of halogens is 2. The molecule has 8 heteroatoms. The van der Waals surface area contributed by atoms with E-state index in [1.165, 1.54) is 24.3 Å². The standard InChI is InChI=1S/C24H8F2N6/c25-15-1-3-21(31-11-15)19-5-17-18(23(19)13(7-27)8-28)6-20(24(17)14(9-29)10-30)22-4-2-16(26)12-32-22/h1-6,11-12H. The van der Waals surface area contributed by atoms with Gasteiger partial charge < -0.3 is 0 Å². The molecule has 0 saturated heterocycles. The van der Waals surface area contributed by atoms with Crippen LogP contribution in [0.3, 0.4) is 0 Å². The van der Waals surface area contributed by atoms with Crippen molar-refractivity contribution in [2.24, 2.45) is 0 Å². The van der Waals surface area contributed by atoms with E-state index < -0.39 is 11.6 Å². The number of allylic oxidation sites excluding steroid dienone is 10. The third-order valence-corrected chi connectivity index (χ3v) is 4.90. The van der Waals surface area contributed by atoms with Crippen molar-refractivity contribution in [3.63, 3.8) is 0 Å². The zero-order chi connectivity index (χ0) is 22.8. The highest BCUT2D eigenvalue weighted by atomic mass is 19.1. The van der Waals surface area contributed by atoms with Gasteiger partial charge in [-0.05, 0) is 47.6 Å². The Hall–Kier alpha value is -5.18. The number of hydrogen-bond donors (Lipinski definition) is 0. The summed E-state index contributed by atoms with van der Waals surface area (Å²) in [7, 11) is 0. The van der Waals surface area contributed by atoms with Crippen LogP contribution in [-0.2, 0) is 0 Å². The van der Waals surface area contributed by atoms with E-state index >= 15 is 0 Å². The third-order valence-electron chi connectivity index (χ3n) is 4.90. The van der Waals surface area contributed by atoms with Gasteiger partial charge in [0.25, 0.3) is 0 Å². The topological polar surface area (TPSA) is 121 Å². The van der Waals surface area contributed by atoms with Crippen molar-refractivity contribution in [2.45, 2.75) is 0 Å². The number of aromatic nitrogens is 2. The molecule has 32 heavy (non-hydrogen) atoms. The minimum absolute atomic E-state index is 0.216. The van der Waals surface area contributed by atoms with E-state index in [4.69, 9.17) is 0 Å². The molecule has 0 amide bonds. The van der Waals surface area contributed by atoms with Crippen molar-refractivity contribution >= 4 is 11.1 Å². The second kappa shape index (κ2) is 7.92. The molecule has 0 fully saturated rings. The first-order valence-electron chi connectivity index (χ1n) is 9.04. The van der Waals surface area contributed by atoms with Crippen molar-refractivity contribution in [1.82, 2.24) is 9.97 Å². The largest absolute Gasteiger partial charge is 0.253 e. The maximum atomic E-state index is 13.4. The van der Waals surface area contributed by atoms with Gasteiger partial charge in [-0.2, -0.15) is 21.0 Å². The Balaban J connectivity index is 2.02. The molecule has 2 aromatic heterocycles. The van der Waals surface area contributed by atoms with Crippen LogP contribution in [-0.4, -0.2) is 9.97 Å². The van der Waals surface area contributed by atoms with Crippen LogP contribution in [0.25, 0.3) is 11.1 Å². The van der Waals surface area contributed by atoms with Gasteiger partial charge in [0.05, 0.1) is 23.8 Å². The van der Waals surface area contributed by atoms with Crippen LogP contribution < -0.4 is 0 Å². The summed E-state index contributed by atoms with van der Waals surface area (Å²) in [6.07, 6.45) is 5.20. The summed E-state index contributed by atoms with van der Waals surface area (Å²) < 4.78 is 26.8. The molecule has 2 aliphatic rings. The second-order valence-electron chi connectivity index (χ2n) is 6.61. The van der Waals surface area contributed by atoms with E-state index in [9.17, 15) is 29.8 Å². The molecule has 0 saturated carbocycles. The molecule has 0 aliphatic heterocycles. The van der Waals surface area contributed by atoms with E-state index in [1.807, 2.05) is 24.3 Å². The van der Waals surface area contributed by atoms with Gasteiger partial charge in [-0.15, -0.1) is 0 Å². The average Bonchev–Trinajstić information content (AvgIpc) is 3.34. The molecule has 0 unspecified atom stereocenters. The van der Waals surface area contributed by atoms with Gasteiger partial charge in [-0.25, -0.2) is 8.78 Å². The fourth-order valence-electron chi connectivity index (χ4n) is 3.58. The Morgan fingerprint density at radius 3 is 1.28 bits per heavy atom. The Labute approximate surface area is 180 Å². The van der Waals surface area contributed by atoms with Gasteiger partial charge in [0.2, 0.25) is 0 Å². The molecule has 4 rings (SSSR count). The molecule has 0 spiro atoms. The summed E-state index contributed by atoms with van der Waals surface area (Å²) >= 11 is 0. The first-order valence-corrected chi connectivity index (χ1v) is 9.04. The Bertz CT molecular complexity index is 1340. The zero-order valence-corrected chi connectivity index (χ0v) is 16.1. The first-order chi connectivity index (χ1) is 15.5. The molecule has 2 aromatic rings. The summed E-state index contributed by atoms with van der Waals surface area (Å²) in [6, 6.07) is 12.6. The molecule has 2 heterocycles. The van der Waals surface area contributed by atoms with E-state index in [1.54, 1.807) is 12.2 Å². The van der Waals surface area contributed by atoms with E-state index in [2.05, 4.69) is 9.97 Å². The molecule has 0 atom stereocenters. The van der Waals surface area contributed by atoms with E-state index in [0.29, 0.717) is 33.7 Å². The van der Waals surface area contributed by atoms with Crippen molar-refractivity contribution in [1.29, 1.82) is 21.0 Å². The van der Waals surface area contributed by atoms with Gasteiger partial charge in [-0.3, -0.25) is 9.97 Å². The maximum absolute atomic E-state index is 13.4.